The molecule has 1 aromatic heterocycles. The molecule has 2 aromatic rings. The van der Waals surface area contributed by atoms with Crippen LogP contribution in [0.4, 0.5) is 13.2 Å². The molecule has 0 bridgehead atoms. The van der Waals surface area contributed by atoms with Gasteiger partial charge in [-0.05, 0) is 25.0 Å². The number of aromatic nitrogens is 1. The van der Waals surface area contributed by atoms with Gasteiger partial charge in [-0.1, -0.05) is 12.1 Å². The van der Waals surface area contributed by atoms with Crippen molar-refractivity contribution in [2.75, 3.05) is 0 Å². The van der Waals surface area contributed by atoms with E-state index in [1.807, 2.05) is 6.92 Å². The highest BCUT2D eigenvalue weighted by Crippen LogP contribution is 2.37. The van der Waals surface area contributed by atoms with E-state index in [4.69, 9.17) is 5.26 Å². The van der Waals surface area contributed by atoms with Gasteiger partial charge in [-0.2, -0.15) is 18.4 Å². The summed E-state index contributed by atoms with van der Waals surface area (Å²) >= 11 is 0. The van der Waals surface area contributed by atoms with Gasteiger partial charge >= 0.3 is 6.18 Å². The van der Waals surface area contributed by atoms with Crippen molar-refractivity contribution in [2.45, 2.75) is 26.4 Å². The zero-order valence-electron chi connectivity index (χ0n) is 9.94. The molecule has 18 heavy (non-hydrogen) atoms. The Morgan fingerprint density at radius 3 is 2.50 bits per heavy atom. The first-order valence-electron chi connectivity index (χ1n) is 5.41. The van der Waals surface area contributed by atoms with Gasteiger partial charge in [-0.3, -0.25) is 0 Å². The number of fused-ring (bicyclic) bond motifs is 1. The van der Waals surface area contributed by atoms with E-state index in [-0.39, 0.29) is 12.0 Å². The zero-order valence-corrected chi connectivity index (χ0v) is 9.94. The van der Waals surface area contributed by atoms with Crippen LogP contribution < -0.4 is 0 Å². The third kappa shape index (κ3) is 1.84. The Hall–Kier alpha value is -1.96. The van der Waals surface area contributed by atoms with Crippen molar-refractivity contribution >= 4 is 10.9 Å². The molecule has 2 nitrogen and oxygen atoms in total. The Morgan fingerprint density at radius 2 is 1.94 bits per heavy atom. The number of rotatable bonds is 1. The van der Waals surface area contributed by atoms with Crippen LogP contribution in [0.3, 0.4) is 0 Å². The lowest BCUT2D eigenvalue weighted by Crippen LogP contribution is -2.08. The van der Waals surface area contributed by atoms with Gasteiger partial charge in [-0.15, -0.1) is 0 Å². The van der Waals surface area contributed by atoms with Crippen molar-refractivity contribution in [3.63, 3.8) is 0 Å². The smallest absolute Gasteiger partial charge is 0.351 e. The van der Waals surface area contributed by atoms with Crippen LogP contribution in [0.2, 0.25) is 0 Å². The van der Waals surface area contributed by atoms with Crippen molar-refractivity contribution in [1.82, 2.24) is 4.98 Å². The summed E-state index contributed by atoms with van der Waals surface area (Å²) < 4.78 is 38.7. The van der Waals surface area contributed by atoms with Crippen LogP contribution in [0.25, 0.3) is 10.9 Å². The van der Waals surface area contributed by atoms with Gasteiger partial charge in [0.25, 0.3) is 0 Å². The first-order chi connectivity index (χ1) is 8.36. The molecule has 0 aliphatic heterocycles. The number of nitriles is 1. The van der Waals surface area contributed by atoms with Crippen molar-refractivity contribution in [3.8, 4) is 6.07 Å². The monoisotopic (exact) mass is 252 g/mol. The van der Waals surface area contributed by atoms with E-state index in [0.29, 0.717) is 10.9 Å². The molecule has 1 N–H and O–H groups in total. The van der Waals surface area contributed by atoms with Gasteiger partial charge in [0.15, 0.2) is 0 Å². The quantitative estimate of drug-likeness (QED) is 0.822. The largest absolute Gasteiger partial charge is 0.431 e. The van der Waals surface area contributed by atoms with Gasteiger partial charge < -0.3 is 4.98 Å². The fourth-order valence-corrected chi connectivity index (χ4v) is 2.07. The first kappa shape index (κ1) is 12.5. The fraction of sp³-hybridized carbons (Fsp3) is 0.308. The minimum absolute atomic E-state index is 0.0306. The van der Waals surface area contributed by atoms with E-state index >= 15 is 0 Å². The van der Waals surface area contributed by atoms with Crippen molar-refractivity contribution in [3.05, 3.63) is 34.5 Å². The molecule has 0 amide bonds. The average molecular weight is 252 g/mol. The van der Waals surface area contributed by atoms with Gasteiger partial charge in [0.2, 0.25) is 0 Å². The van der Waals surface area contributed by atoms with E-state index in [9.17, 15) is 13.2 Å². The molecule has 0 unspecified atom stereocenters. The molecule has 94 valence electrons. The minimum atomic E-state index is -4.47. The average Bonchev–Trinajstić information content (AvgIpc) is 2.64. The number of hydrogen-bond acceptors (Lipinski definition) is 1. The number of H-pyrrole nitrogens is 1. The molecule has 0 radical (unpaired) electrons. The van der Waals surface area contributed by atoms with Crippen LogP contribution in [-0.4, -0.2) is 4.98 Å². The number of nitrogens with zero attached hydrogens (tertiary/aromatic N) is 1. The molecule has 2 rings (SSSR count). The number of alkyl halides is 3. The molecule has 0 spiro atoms. The normalized spacial score (nSPS) is 11.8. The number of nitrogens with one attached hydrogen (secondary N) is 1. The summed E-state index contributed by atoms with van der Waals surface area (Å²) in [6.07, 6.45) is -4.72. The molecule has 0 fully saturated rings. The lowest BCUT2D eigenvalue weighted by molar-refractivity contribution is -0.141. The number of benzene rings is 1. The number of aromatic amines is 1. The molecule has 5 heteroatoms. The molecule has 0 saturated carbocycles. The summed E-state index contributed by atoms with van der Waals surface area (Å²) in [4.78, 5) is 2.42. The fourth-order valence-electron chi connectivity index (χ4n) is 2.07. The molecule has 0 aliphatic rings. The standard InChI is InChI=1S/C13H11F3N2/c1-7-3-4-9-10(5-6-17)12(13(14,15)16)18-11(9)8(7)2/h3-4,18H,5H2,1-2H3. The summed E-state index contributed by atoms with van der Waals surface area (Å²) in [5.41, 5.74) is 1.38. The Balaban J connectivity index is 2.84. The molecule has 0 atom stereocenters. The maximum atomic E-state index is 12.9. The molecule has 1 heterocycles. The second-order valence-electron chi connectivity index (χ2n) is 4.24. The van der Waals surface area contributed by atoms with Crippen molar-refractivity contribution < 1.29 is 13.2 Å². The van der Waals surface area contributed by atoms with Crippen LogP contribution in [0, 0.1) is 25.2 Å². The van der Waals surface area contributed by atoms with Gasteiger partial charge in [0, 0.05) is 16.5 Å². The van der Waals surface area contributed by atoms with E-state index < -0.39 is 11.9 Å². The molecule has 0 saturated heterocycles. The van der Waals surface area contributed by atoms with Crippen molar-refractivity contribution in [2.24, 2.45) is 0 Å². The van der Waals surface area contributed by atoms with Crippen LogP contribution in [0.5, 0.6) is 0 Å². The van der Waals surface area contributed by atoms with E-state index in [1.54, 1.807) is 25.1 Å². The Morgan fingerprint density at radius 1 is 1.28 bits per heavy atom. The second kappa shape index (κ2) is 4.05. The van der Waals surface area contributed by atoms with Crippen LogP contribution in [0.1, 0.15) is 22.4 Å². The summed E-state index contributed by atoms with van der Waals surface area (Å²) in [5.74, 6) is 0. The minimum Gasteiger partial charge on any atom is -0.351 e. The summed E-state index contributed by atoms with van der Waals surface area (Å²) in [6.45, 7) is 3.61. The Bertz CT molecular complexity index is 645. The highest BCUT2D eigenvalue weighted by atomic mass is 19.4. The molecular weight excluding hydrogens is 241 g/mol. The number of halogens is 3. The predicted molar refractivity (Wildman–Crippen MR) is 62.1 cm³/mol. The topological polar surface area (TPSA) is 39.6 Å². The Labute approximate surface area is 102 Å². The van der Waals surface area contributed by atoms with Crippen LogP contribution in [0.15, 0.2) is 12.1 Å². The van der Waals surface area contributed by atoms with E-state index in [1.165, 1.54) is 0 Å². The lowest BCUT2D eigenvalue weighted by atomic mass is 10.0. The van der Waals surface area contributed by atoms with Crippen LogP contribution >= 0.6 is 0 Å². The van der Waals surface area contributed by atoms with E-state index in [0.717, 1.165) is 11.1 Å². The molecule has 0 aliphatic carbocycles. The number of hydrogen-bond donors (Lipinski definition) is 1. The summed E-state index contributed by atoms with van der Waals surface area (Å²) in [7, 11) is 0. The van der Waals surface area contributed by atoms with Gasteiger partial charge in [-0.25, -0.2) is 0 Å². The first-order valence-corrected chi connectivity index (χ1v) is 5.41. The highest BCUT2D eigenvalue weighted by molar-refractivity contribution is 5.88. The van der Waals surface area contributed by atoms with E-state index in [2.05, 4.69) is 4.98 Å². The highest BCUT2D eigenvalue weighted by Gasteiger charge is 2.36. The predicted octanol–water partition coefficient (Wildman–Crippen LogP) is 3.87. The third-order valence-corrected chi connectivity index (χ3v) is 3.15. The molecular formula is C13H11F3N2. The lowest BCUT2D eigenvalue weighted by Gasteiger charge is -2.05. The van der Waals surface area contributed by atoms with Crippen LogP contribution in [-0.2, 0) is 12.6 Å². The summed E-state index contributed by atoms with van der Waals surface area (Å²) in [6, 6.07) is 5.19. The van der Waals surface area contributed by atoms with Gasteiger partial charge in [0.05, 0.1) is 12.5 Å². The van der Waals surface area contributed by atoms with Gasteiger partial charge in [0.1, 0.15) is 5.69 Å². The summed E-state index contributed by atoms with van der Waals surface area (Å²) in [5, 5.41) is 9.16. The second-order valence-corrected chi connectivity index (χ2v) is 4.24. The maximum absolute atomic E-state index is 12.9. The zero-order chi connectivity index (χ0) is 13.5. The number of aryl methyl sites for hydroxylation is 2. The molecule has 1 aromatic carbocycles. The SMILES string of the molecule is Cc1ccc2c(CC#N)c(C(F)(F)F)[nH]c2c1C. The maximum Gasteiger partial charge on any atom is 0.431 e. The Kier molecular flexibility index (Phi) is 2.81. The van der Waals surface area contributed by atoms with Crippen molar-refractivity contribution in [1.29, 1.82) is 5.26 Å². The third-order valence-electron chi connectivity index (χ3n) is 3.15.